The van der Waals surface area contributed by atoms with E-state index in [1.54, 1.807) is 0 Å². The summed E-state index contributed by atoms with van der Waals surface area (Å²) in [6, 6.07) is 3.22. The van der Waals surface area contributed by atoms with E-state index in [0.717, 1.165) is 25.6 Å². The monoisotopic (exact) mass is 199 g/mol. The van der Waals surface area contributed by atoms with Gasteiger partial charge in [-0.3, -0.25) is 0 Å². The molecule has 1 N–H and O–H groups in total. The van der Waals surface area contributed by atoms with E-state index in [0.29, 0.717) is 0 Å². The molecule has 1 saturated heterocycles. The van der Waals surface area contributed by atoms with Crippen molar-refractivity contribution in [2.75, 3.05) is 13.1 Å². The van der Waals surface area contributed by atoms with Gasteiger partial charge in [-0.25, -0.2) is 8.78 Å². The van der Waals surface area contributed by atoms with Crippen LogP contribution in [0, 0.1) is 11.6 Å². The molecule has 1 aliphatic heterocycles. The van der Waals surface area contributed by atoms with Gasteiger partial charge in [-0.05, 0) is 13.0 Å². The number of rotatable bonds is 2. The lowest BCUT2D eigenvalue weighted by molar-refractivity contribution is 0.221. The smallest absolute Gasteiger partial charge is 0.129 e. The molecule has 1 heterocycles. The van der Waals surface area contributed by atoms with E-state index in [-0.39, 0.29) is 11.9 Å². The third kappa shape index (κ3) is 2.20. The molecule has 0 aromatic heterocycles. The van der Waals surface area contributed by atoms with Crippen molar-refractivity contribution in [1.29, 1.82) is 0 Å². The summed E-state index contributed by atoms with van der Waals surface area (Å²) in [5.41, 5.74) is 0. The van der Waals surface area contributed by atoms with Crippen LogP contribution in [-0.4, -0.2) is 19.2 Å². The lowest BCUT2D eigenvalue weighted by Crippen LogP contribution is -2.19. The number of hydrogen-bond donors (Lipinski definition) is 1. The summed E-state index contributed by atoms with van der Waals surface area (Å²) in [6.07, 6.45) is 0.897. The topological polar surface area (TPSA) is 21.3 Å². The number of hydrogen-bond acceptors (Lipinski definition) is 2. The number of ether oxygens (including phenoxy) is 1. The van der Waals surface area contributed by atoms with Gasteiger partial charge in [0.1, 0.15) is 23.5 Å². The average molecular weight is 199 g/mol. The first-order chi connectivity index (χ1) is 6.74. The molecule has 0 saturated carbocycles. The van der Waals surface area contributed by atoms with E-state index in [4.69, 9.17) is 4.74 Å². The van der Waals surface area contributed by atoms with Gasteiger partial charge in [0.05, 0.1) is 0 Å². The zero-order valence-corrected chi connectivity index (χ0v) is 7.59. The van der Waals surface area contributed by atoms with Gasteiger partial charge in [-0.1, -0.05) is 0 Å². The van der Waals surface area contributed by atoms with Crippen LogP contribution >= 0.6 is 0 Å². The van der Waals surface area contributed by atoms with Gasteiger partial charge in [-0.15, -0.1) is 0 Å². The molecule has 1 aliphatic rings. The number of benzene rings is 1. The summed E-state index contributed by atoms with van der Waals surface area (Å²) in [5.74, 6) is -0.951. The molecule has 0 amide bonds. The SMILES string of the molecule is Fc1cc(F)cc(O[C@H]2CCNC2)c1. The van der Waals surface area contributed by atoms with Crippen LogP contribution in [0.15, 0.2) is 18.2 Å². The van der Waals surface area contributed by atoms with Gasteiger partial charge >= 0.3 is 0 Å². The first-order valence-corrected chi connectivity index (χ1v) is 4.57. The minimum Gasteiger partial charge on any atom is -0.489 e. The Morgan fingerprint density at radius 2 is 1.93 bits per heavy atom. The van der Waals surface area contributed by atoms with Crippen LogP contribution in [0.1, 0.15) is 6.42 Å². The normalized spacial score (nSPS) is 21.1. The molecule has 0 bridgehead atoms. The maximum Gasteiger partial charge on any atom is 0.129 e. The first kappa shape index (κ1) is 9.40. The van der Waals surface area contributed by atoms with Crippen molar-refractivity contribution >= 4 is 0 Å². The molecule has 2 nitrogen and oxygen atoms in total. The van der Waals surface area contributed by atoms with Crippen molar-refractivity contribution in [1.82, 2.24) is 5.32 Å². The fourth-order valence-corrected chi connectivity index (χ4v) is 1.52. The van der Waals surface area contributed by atoms with Crippen molar-refractivity contribution in [2.24, 2.45) is 0 Å². The van der Waals surface area contributed by atoms with E-state index in [9.17, 15) is 8.78 Å². The minimum atomic E-state index is -0.606. The highest BCUT2D eigenvalue weighted by molar-refractivity contribution is 5.24. The molecule has 0 radical (unpaired) electrons. The predicted octanol–water partition coefficient (Wildman–Crippen LogP) is 1.71. The second kappa shape index (κ2) is 3.92. The zero-order valence-electron chi connectivity index (χ0n) is 7.59. The molecule has 1 aromatic rings. The van der Waals surface area contributed by atoms with Gasteiger partial charge in [0.15, 0.2) is 0 Å². The van der Waals surface area contributed by atoms with E-state index in [2.05, 4.69) is 5.32 Å². The Balaban J connectivity index is 2.07. The summed E-state index contributed by atoms with van der Waals surface area (Å²) >= 11 is 0. The van der Waals surface area contributed by atoms with Crippen LogP contribution in [0.5, 0.6) is 5.75 Å². The molecule has 76 valence electrons. The molecule has 2 rings (SSSR count). The third-order valence-corrected chi connectivity index (χ3v) is 2.15. The molecule has 14 heavy (non-hydrogen) atoms. The summed E-state index contributed by atoms with van der Waals surface area (Å²) < 4.78 is 30.9. The Morgan fingerprint density at radius 3 is 2.50 bits per heavy atom. The molecule has 4 heteroatoms. The molecular formula is C10H11F2NO. The summed E-state index contributed by atoms with van der Waals surface area (Å²) in [7, 11) is 0. The largest absolute Gasteiger partial charge is 0.489 e. The average Bonchev–Trinajstić information content (AvgIpc) is 2.54. The van der Waals surface area contributed by atoms with E-state index < -0.39 is 11.6 Å². The molecule has 1 fully saturated rings. The third-order valence-electron chi connectivity index (χ3n) is 2.15. The summed E-state index contributed by atoms with van der Waals surface area (Å²) in [4.78, 5) is 0. The minimum absolute atomic E-state index is 0.0243. The van der Waals surface area contributed by atoms with Crippen molar-refractivity contribution in [3.63, 3.8) is 0 Å². The highest BCUT2D eigenvalue weighted by atomic mass is 19.1. The van der Waals surface area contributed by atoms with Crippen LogP contribution in [0.4, 0.5) is 8.78 Å². The van der Waals surface area contributed by atoms with Crippen LogP contribution in [0.2, 0.25) is 0 Å². The van der Waals surface area contributed by atoms with Gasteiger partial charge in [0.2, 0.25) is 0 Å². The number of nitrogens with one attached hydrogen (secondary N) is 1. The number of halogens is 2. The van der Waals surface area contributed by atoms with Crippen molar-refractivity contribution in [3.8, 4) is 5.75 Å². The van der Waals surface area contributed by atoms with Gasteiger partial charge < -0.3 is 10.1 Å². The van der Waals surface area contributed by atoms with E-state index >= 15 is 0 Å². The molecule has 0 spiro atoms. The van der Waals surface area contributed by atoms with Gasteiger partial charge in [0, 0.05) is 24.7 Å². The van der Waals surface area contributed by atoms with Crippen molar-refractivity contribution < 1.29 is 13.5 Å². The fraction of sp³-hybridized carbons (Fsp3) is 0.400. The van der Waals surface area contributed by atoms with E-state index in [1.807, 2.05) is 0 Å². The lowest BCUT2D eigenvalue weighted by atomic mass is 10.3. The van der Waals surface area contributed by atoms with Gasteiger partial charge in [-0.2, -0.15) is 0 Å². The van der Waals surface area contributed by atoms with Crippen LogP contribution in [0.25, 0.3) is 0 Å². The predicted molar refractivity (Wildman–Crippen MR) is 48.3 cm³/mol. The molecule has 0 unspecified atom stereocenters. The van der Waals surface area contributed by atoms with Crippen LogP contribution < -0.4 is 10.1 Å². The quantitative estimate of drug-likeness (QED) is 0.782. The Kier molecular flexibility index (Phi) is 2.63. The molecule has 0 aliphatic carbocycles. The maximum atomic E-state index is 12.8. The highest BCUT2D eigenvalue weighted by Crippen LogP contribution is 2.18. The fourth-order valence-electron chi connectivity index (χ4n) is 1.52. The second-order valence-electron chi connectivity index (χ2n) is 3.34. The summed E-state index contributed by atoms with van der Waals surface area (Å²) in [5, 5.41) is 3.11. The lowest BCUT2D eigenvalue weighted by Gasteiger charge is -2.12. The standard InChI is InChI=1S/C10H11F2NO/c11-7-3-8(12)5-10(4-7)14-9-1-2-13-6-9/h3-5,9,13H,1-2,6H2/t9-/m0/s1. The van der Waals surface area contributed by atoms with Crippen LogP contribution in [0.3, 0.4) is 0 Å². The van der Waals surface area contributed by atoms with Crippen molar-refractivity contribution in [2.45, 2.75) is 12.5 Å². The highest BCUT2D eigenvalue weighted by Gasteiger charge is 2.16. The Bertz CT molecular complexity index is 304. The van der Waals surface area contributed by atoms with Gasteiger partial charge in [0.25, 0.3) is 0 Å². The van der Waals surface area contributed by atoms with Crippen molar-refractivity contribution in [3.05, 3.63) is 29.8 Å². The molecular weight excluding hydrogens is 188 g/mol. The second-order valence-corrected chi connectivity index (χ2v) is 3.34. The first-order valence-electron chi connectivity index (χ1n) is 4.57. The Labute approximate surface area is 80.9 Å². The Morgan fingerprint density at radius 1 is 1.21 bits per heavy atom. The molecule has 1 atom stereocenters. The Hall–Kier alpha value is -1.16. The zero-order chi connectivity index (χ0) is 9.97. The van der Waals surface area contributed by atoms with E-state index in [1.165, 1.54) is 12.1 Å². The van der Waals surface area contributed by atoms with Crippen LogP contribution in [-0.2, 0) is 0 Å². The molecule has 1 aromatic carbocycles. The summed E-state index contributed by atoms with van der Waals surface area (Å²) in [6.45, 7) is 1.63. The maximum absolute atomic E-state index is 12.8.